The van der Waals surface area contributed by atoms with Crippen LogP contribution in [0.5, 0.6) is 0 Å². The molecule has 0 unspecified atom stereocenters. The van der Waals surface area contributed by atoms with E-state index in [1.807, 2.05) is 26.8 Å². The van der Waals surface area contributed by atoms with E-state index >= 15 is 0 Å². The van der Waals surface area contributed by atoms with E-state index < -0.39 is 0 Å². The lowest BCUT2D eigenvalue weighted by atomic mass is 9.86. The number of amides is 1. The van der Waals surface area contributed by atoms with Crippen molar-refractivity contribution in [2.75, 3.05) is 6.61 Å². The van der Waals surface area contributed by atoms with Crippen molar-refractivity contribution < 1.29 is 9.53 Å². The molecule has 1 fully saturated rings. The van der Waals surface area contributed by atoms with Crippen LogP contribution in [0.4, 0.5) is 4.79 Å². The number of hydrogen-bond acceptors (Lipinski definition) is 3. The highest BCUT2D eigenvalue weighted by atomic mass is 79.9. The second kappa shape index (κ2) is 7.36. The molecule has 136 valence electrons. The normalized spacial score (nSPS) is 21.3. The SMILES string of the molecule is CC(C)(C)NC(=O)OCC1CCC(n2cc3ccc(Br)cc3n2)CC1. The molecule has 0 radical (unpaired) electrons. The molecule has 5 nitrogen and oxygen atoms in total. The molecule has 1 aliphatic carbocycles. The zero-order valence-electron chi connectivity index (χ0n) is 15.1. The predicted octanol–water partition coefficient (Wildman–Crippen LogP) is 5.05. The Kier molecular flexibility index (Phi) is 5.37. The fourth-order valence-electron chi connectivity index (χ4n) is 3.31. The molecular formula is C19H26BrN3O2. The molecule has 0 saturated heterocycles. The zero-order valence-corrected chi connectivity index (χ0v) is 16.7. The first-order chi connectivity index (χ1) is 11.8. The predicted molar refractivity (Wildman–Crippen MR) is 103 cm³/mol. The molecular weight excluding hydrogens is 382 g/mol. The van der Waals surface area contributed by atoms with Crippen molar-refractivity contribution in [3.8, 4) is 0 Å². The monoisotopic (exact) mass is 407 g/mol. The molecule has 25 heavy (non-hydrogen) atoms. The molecule has 0 bridgehead atoms. The summed E-state index contributed by atoms with van der Waals surface area (Å²) in [7, 11) is 0. The molecule has 1 N–H and O–H groups in total. The molecule has 1 heterocycles. The number of nitrogens with zero attached hydrogens (tertiary/aromatic N) is 2. The fourth-order valence-corrected chi connectivity index (χ4v) is 3.66. The molecule has 3 rings (SSSR count). The van der Waals surface area contributed by atoms with Crippen LogP contribution in [0.25, 0.3) is 10.9 Å². The second-order valence-electron chi connectivity index (χ2n) is 7.96. The van der Waals surface area contributed by atoms with Gasteiger partial charge in [-0.15, -0.1) is 0 Å². The Hall–Kier alpha value is -1.56. The quantitative estimate of drug-likeness (QED) is 0.773. The van der Waals surface area contributed by atoms with Crippen LogP contribution in [0.2, 0.25) is 0 Å². The number of carbonyl (C=O) groups excluding carboxylic acids is 1. The van der Waals surface area contributed by atoms with Crippen molar-refractivity contribution in [2.45, 2.75) is 58.0 Å². The third kappa shape index (κ3) is 4.97. The van der Waals surface area contributed by atoms with E-state index in [1.165, 1.54) is 5.39 Å². The second-order valence-corrected chi connectivity index (χ2v) is 8.88. The van der Waals surface area contributed by atoms with Gasteiger partial charge in [0.05, 0.1) is 18.2 Å². The average Bonchev–Trinajstić information content (AvgIpc) is 2.95. The van der Waals surface area contributed by atoms with Crippen LogP contribution in [-0.4, -0.2) is 28.0 Å². The summed E-state index contributed by atoms with van der Waals surface area (Å²) in [6.45, 7) is 6.35. The van der Waals surface area contributed by atoms with Gasteiger partial charge in [-0.3, -0.25) is 4.68 Å². The molecule has 0 atom stereocenters. The van der Waals surface area contributed by atoms with E-state index in [4.69, 9.17) is 9.84 Å². The number of hydrogen-bond donors (Lipinski definition) is 1. The minimum Gasteiger partial charge on any atom is -0.449 e. The lowest BCUT2D eigenvalue weighted by molar-refractivity contribution is 0.103. The Morgan fingerprint density at radius 2 is 2.04 bits per heavy atom. The maximum absolute atomic E-state index is 11.8. The third-order valence-electron chi connectivity index (χ3n) is 4.60. The summed E-state index contributed by atoms with van der Waals surface area (Å²) in [5.41, 5.74) is 0.768. The number of carbonyl (C=O) groups is 1. The number of ether oxygens (including phenoxy) is 1. The molecule has 1 aliphatic rings. The summed E-state index contributed by atoms with van der Waals surface area (Å²) in [5, 5.41) is 8.74. The van der Waals surface area contributed by atoms with Crippen molar-refractivity contribution in [3.05, 3.63) is 28.9 Å². The lowest BCUT2D eigenvalue weighted by Gasteiger charge is -2.29. The smallest absolute Gasteiger partial charge is 0.407 e. The molecule has 1 amide bonds. The summed E-state index contributed by atoms with van der Waals surface area (Å²) >= 11 is 3.50. The molecule has 1 aromatic carbocycles. The number of halogens is 1. The van der Waals surface area contributed by atoms with E-state index in [1.54, 1.807) is 0 Å². The van der Waals surface area contributed by atoms with Crippen LogP contribution < -0.4 is 5.32 Å². The first-order valence-corrected chi connectivity index (χ1v) is 9.69. The topological polar surface area (TPSA) is 56.1 Å². The Morgan fingerprint density at radius 1 is 1.32 bits per heavy atom. The average molecular weight is 408 g/mol. The van der Waals surface area contributed by atoms with Gasteiger partial charge in [-0.05, 0) is 64.5 Å². The Morgan fingerprint density at radius 3 is 2.72 bits per heavy atom. The minimum atomic E-state index is -0.321. The van der Waals surface area contributed by atoms with Crippen LogP contribution in [0, 0.1) is 5.92 Å². The van der Waals surface area contributed by atoms with Crippen LogP contribution >= 0.6 is 15.9 Å². The summed E-state index contributed by atoms with van der Waals surface area (Å²) in [5.74, 6) is 0.445. The Bertz CT molecular complexity index is 743. The molecule has 1 aromatic heterocycles. The van der Waals surface area contributed by atoms with E-state index in [0.29, 0.717) is 18.6 Å². The highest BCUT2D eigenvalue weighted by Gasteiger charge is 2.24. The highest BCUT2D eigenvalue weighted by Crippen LogP contribution is 2.33. The van der Waals surface area contributed by atoms with Gasteiger partial charge in [0.2, 0.25) is 0 Å². The van der Waals surface area contributed by atoms with Crippen molar-refractivity contribution in [2.24, 2.45) is 5.92 Å². The van der Waals surface area contributed by atoms with Crippen molar-refractivity contribution in [1.29, 1.82) is 0 Å². The van der Waals surface area contributed by atoms with Crippen LogP contribution in [0.1, 0.15) is 52.5 Å². The van der Waals surface area contributed by atoms with E-state index in [-0.39, 0.29) is 11.6 Å². The minimum absolute atomic E-state index is 0.258. The number of rotatable bonds is 3. The summed E-state index contributed by atoms with van der Waals surface area (Å²) in [6, 6.07) is 6.63. The first-order valence-electron chi connectivity index (χ1n) is 8.89. The zero-order chi connectivity index (χ0) is 18.0. The summed E-state index contributed by atoms with van der Waals surface area (Å²) in [4.78, 5) is 11.8. The Balaban J connectivity index is 1.50. The van der Waals surface area contributed by atoms with Crippen molar-refractivity contribution >= 4 is 32.9 Å². The van der Waals surface area contributed by atoms with Gasteiger partial charge in [-0.2, -0.15) is 5.10 Å². The summed E-state index contributed by atoms with van der Waals surface area (Å²) in [6.07, 6.45) is 6.09. The van der Waals surface area contributed by atoms with E-state index in [0.717, 1.165) is 35.7 Å². The molecule has 0 aliphatic heterocycles. The van der Waals surface area contributed by atoms with Gasteiger partial charge in [0.25, 0.3) is 0 Å². The summed E-state index contributed by atoms with van der Waals surface area (Å²) < 4.78 is 8.55. The molecule has 0 spiro atoms. The van der Waals surface area contributed by atoms with Gasteiger partial charge >= 0.3 is 6.09 Å². The van der Waals surface area contributed by atoms with Gasteiger partial charge < -0.3 is 10.1 Å². The number of benzene rings is 1. The van der Waals surface area contributed by atoms with E-state index in [9.17, 15) is 4.79 Å². The Labute approximate surface area is 157 Å². The van der Waals surface area contributed by atoms with Gasteiger partial charge in [-0.25, -0.2) is 4.79 Å². The van der Waals surface area contributed by atoms with Gasteiger partial charge in [-0.1, -0.05) is 22.0 Å². The highest BCUT2D eigenvalue weighted by molar-refractivity contribution is 9.10. The number of alkyl carbamates (subject to hydrolysis) is 1. The lowest BCUT2D eigenvalue weighted by Crippen LogP contribution is -2.41. The van der Waals surface area contributed by atoms with Gasteiger partial charge in [0.1, 0.15) is 0 Å². The van der Waals surface area contributed by atoms with Crippen LogP contribution in [-0.2, 0) is 4.74 Å². The van der Waals surface area contributed by atoms with Gasteiger partial charge in [0.15, 0.2) is 0 Å². The molecule has 6 heteroatoms. The maximum Gasteiger partial charge on any atom is 0.407 e. The van der Waals surface area contributed by atoms with Crippen molar-refractivity contribution in [1.82, 2.24) is 15.1 Å². The first kappa shape index (κ1) is 18.2. The number of fused-ring (bicyclic) bond motifs is 1. The van der Waals surface area contributed by atoms with E-state index in [2.05, 4.69) is 44.3 Å². The number of nitrogens with one attached hydrogen (secondary N) is 1. The number of aromatic nitrogens is 2. The maximum atomic E-state index is 11.8. The molecule has 1 saturated carbocycles. The van der Waals surface area contributed by atoms with Gasteiger partial charge in [0, 0.05) is 21.6 Å². The fraction of sp³-hybridized carbons (Fsp3) is 0.579. The van der Waals surface area contributed by atoms with Crippen molar-refractivity contribution in [3.63, 3.8) is 0 Å². The largest absolute Gasteiger partial charge is 0.449 e. The third-order valence-corrected chi connectivity index (χ3v) is 5.10. The van der Waals surface area contributed by atoms with Crippen LogP contribution in [0.3, 0.4) is 0 Å². The standard InChI is InChI=1S/C19H26BrN3O2/c1-19(2,3)21-18(24)25-12-13-4-8-16(9-5-13)23-11-14-6-7-15(20)10-17(14)22-23/h6-7,10-11,13,16H,4-5,8-9,12H2,1-3H3,(H,21,24). The van der Waals surface area contributed by atoms with Crippen LogP contribution in [0.15, 0.2) is 28.9 Å². The molecule has 2 aromatic rings.